The summed E-state index contributed by atoms with van der Waals surface area (Å²) in [7, 11) is 0. The zero-order chi connectivity index (χ0) is 13.8. The Morgan fingerprint density at radius 2 is 2.16 bits per heavy atom. The van der Waals surface area contributed by atoms with Crippen LogP contribution < -0.4 is 10.6 Å². The van der Waals surface area contributed by atoms with Crippen LogP contribution >= 0.6 is 27.7 Å². The molecule has 1 atom stereocenters. The molecule has 0 aromatic heterocycles. The first-order valence-corrected chi connectivity index (χ1v) is 8.45. The number of carbonyl (C=O) groups excluding carboxylic acids is 1. The van der Waals surface area contributed by atoms with Crippen molar-refractivity contribution in [1.82, 2.24) is 5.32 Å². The largest absolute Gasteiger partial charge is 0.324 e. The summed E-state index contributed by atoms with van der Waals surface area (Å²) < 4.78 is 1.07. The number of fused-ring (bicyclic) bond motifs is 1. The van der Waals surface area contributed by atoms with E-state index in [-0.39, 0.29) is 11.9 Å². The molecule has 1 aliphatic heterocycles. The molecular weight excluding hydrogens is 324 g/mol. The Hall–Kier alpha value is -0.520. The predicted octanol–water partition coefficient (Wildman–Crippen LogP) is 3.94. The summed E-state index contributed by atoms with van der Waals surface area (Å²) in [5, 5.41) is 6.25. The highest BCUT2D eigenvalue weighted by Gasteiger charge is 2.30. The Kier molecular flexibility index (Phi) is 5.30. The zero-order valence-electron chi connectivity index (χ0n) is 11.3. The minimum absolute atomic E-state index is 0.0491. The smallest absolute Gasteiger partial charge is 0.246 e. The molecule has 0 fully saturated rings. The lowest BCUT2D eigenvalue weighted by molar-refractivity contribution is -0.117. The first-order chi connectivity index (χ1) is 9.17. The molecule has 0 bridgehead atoms. The van der Waals surface area contributed by atoms with Crippen LogP contribution in [-0.4, -0.2) is 18.2 Å². The van der Waals surface area contributed by atoms with Gasteiger partial charge in [0.25, 0.3) is 0 Å². The van der Waals surface area contributed by atoms with Crippen molar-refractivity contribution in [2.45, 2.75) is 37.6 Å². The molecule has 0 radical (unpaired) electrons. The van der Waals surface area contributed by atoms with E-state index in [1.165, 1.54) is 4.90 Å². The fraction of sp³-hybridized carbons (Fsp3) is 0.500. The quantitative estimate of drug-likeness (QED) is 0.769. The third-order valence-corrected chi connectivity index (χ3v) is 5.17. The van der Waals surface area contributed by atoms with Gasteiger partial charge in [-0.3, -0.25) is 4.79 Å². The second kappa shape index (κ2) is 6.77. The van der Waals surface area contributed by atoms with Crippen LogP contribution in [0.15, 0.2) is 21.5 Å². The SMILES string of the molecule is CCCNC1C(=O)Nc2cc(SCCC)c(Br)cc21. The molecule has 1 amide bonds. The fourth-order valence-corrected chi connectivity index (χ4v) is 3.60. The maximum absolute atomic E-state index is 12.0. The molecular formula is C14H19BrN2OS. The number of hydrogen-bond donors (Lipinski definition) is 2. The maximum atomic E-state index is 12.0. The number of hydrogen-bond acceptors (Lipinski definition) is 3. The number of halogens is 1. The molecule has 5 heteroatoms. The van der Waals surface area contributed by atoms with E-state index in [4.69, 9.17) is 0 Å². The van der Waals surface area contributed by atoms with E-state index in [1.54, 1.807) is 0 Å². The van der Waals surface area contributed by atoms with Crippen LogP contribution in [0.2, 0.25) is 0 Å². The third-order valence-electron chi connectivity index (χ3n) is 3.00. The van der Waals surface area contributed by atoms with Gasteiger partial charge in [0.1, 0.15) is 6.04 Å². The Balaban J connectivity index is 2.23. The Bertz CT molecular complexity index is 479. The van der Waals surface area contributed by atoms with Crippen molar-refractivity contribution < 1.29 is 4.79 Å². The van der Waals surface area contributed by atoms with Crippen molar-refractivity contribution in [2.75, 3.05) is 17.6 Å². The Morgan fingerprint density at radius 1 is 1.37 bits per heavy atom. The lowest BCUT2D eigenvalue weighted by Crippen LogP contribution is -2.27. The molecule has 1 aliphatic rings. The molecule has 1 heterocycles. The summed E-state index contributed by atoms with van der Waals surface area (Å²) in [6.45, 7) is 5.11. The highest BCUT2D eigenvalue weighted by Crippen LogP contribution is 2.39. The molecule has 1 aromatic carbocycles. The van der Waals surface area contributed by atoms with Crippen molar-refractivity contribution in [2.24, 2.45) is 0 Å². The van der Waals surface area contributed by atoms with Crippen LogP contribution in [0.4, 0.5) is 5.69 Å². The minimum Gasteiger partial charge on any atom is -0.324 e. The van der Waals surface area contributed by atoms with Gasteiger partial charge in [0.15, 0.2) is 0 Å². The molecule has 1 unspecified atom stereocenters. The summed E-state index contributed by atoms with van der Waals surface area (Å²) in [5.74, 6) is 1.14. The van der Waals surface area contributed by atoms with Gasteiger partial charge in [0, 0.05) is 20.6 Å². The molecule has 3 nitrogen and oxygen atoms in total. The number of anilines is 1. The van der Waals surface area contributed by atoms with Gasteiger partial charge in [-0.15, -0.1) is 11.8 Å². The normalized spacial score (nSPS) is 17.4. The van der Waals surface area contributed by atoms with Crippen LogP contribution in [0, 0.1) is 0 Å². The van der Waals surface area contributed by atoms with Gasteiger partial charge < -0.3 is 10.6 Å². The second-order valence-corrected chi connectivity index (χ2v) is 6.59. The highest BCUT2D eigenvalue weighted by atomic mass is 79.9. The average Bonchev–Trinajstić information content (AvgIpc) is 2.69. The second-order valence-electron chi connectivity index (χ2n) is 4.59. The number of thioether (sulfide) groups is 1. The van der Waals surface area contributed by atoms with Crippen LogP contribution in [0.3, 0.4) is 0 Å². The van der Waals surface area contributed by atoms with Gasteiger partial charge in [0.2, 0.25) is 5.91 Å². The van der Waals surface area contributed by atoms with Gasteiger partial charge in [-0.1, -0.05) is 13.8 Å². The van der Waals surface area contributed by atoms with E-state index < -0.39 is 0 Å². The number of amides is 1. The van der Waals surface area contributed by atoms with E-state index in [0.717, 1.165) is 40.9 Å². The van der Waals surface area contributed by atoms with Crippen molar-refractivity contribution >= 4 is 39.3 Å². The zero-order valence-corrected chi connectivity index (χ0v) is 13.7. The third kappa shape index (κ3) is 3.33. The first-order valence-electron chi connectivity index (χ1n) is 6.67. The molecule has 2 rings (SSSR count). The average molecular weight is 343 g/mol. The summed E-state index contributed by atoms with van der Waals surface area (Å²) in [6.07, 6.45) is 2.16. The minimum atomic E-state index is -0.212. The predicted molar refractivity (Wildman–Crippen MR) is 84.8 cm³/mol. The van der Waals surface area contributed by atoms with Gasteiger partial charge in [-0.05, 0) is 53.2 Å². The fourth-order valence-electron chi connectivity index (χ4n) is 2.08. The highest BCUT2D eigenvalue weighted by molar-refractivity contribution is 9.10. The number of rotatable bonds is 6. The number of benzene rings is 1. The van der Waals surface area contributed by atoms with E-state index in [1.807, 2.05) is 11.8 Å². The summed E-state index contributed by atoms with van der Waals surface area (Å²) in [5.41, 5.74) is 1.99. The van der Waals surface area contributed by atoms with Gasteiger partial charge in [-0.25, -0.2) is 0 Å². The molecule has 1 aromatic rings. The van der Waals surface area contributed by atoms with Crippen molar-refractivity contribution in [3.63, 3.8) is 0 Å². The molecule has 0 saturated heterocycles. The first kappa shape index (κ1) is 14.9. The van der Waals surface area contributed by atoms with Gasteiger partial charge in [0.05, 0.1) is 0 Å². The standard InChI is InChI=1S/C14H19BrN2OS/c1-3-5-16-13-9-7-10(15)12(19-6-4-2)8-11(9)17-14(13)18/h7-8,13,16H,3-6H2,1-2H3,(H,17,18). The molecule has 2 N–H and O–H groups in total. The van der Waals surface area contributed by atoms with E-state index in [2.05, 4.69) is 52.5 Å². The molecule has 19 heavy (non-hydrogen) atoms. The number of carbonyl (C=O) groups is 1. The molecule has 0 saturated carbocycles. The van der Waals surface area contributed by atoms with Crippen molar-refractivity contribution in [1.29, 1.82) is 0 Å². The lowest BCUT2D eigenvalue weighted by Gasteiger charge is -2.12. The summed E-state index contributed by atoms with van der Waals surface area (Å²) >= 11 is 5.42. The number of nitrogens with one attached hydrogen (secondary N) is 2. The van der Waals surface area contributed by atoms with Crippen LogP contribution in [0.5, 0.6) is 0 Å². The van der Waals surface area contributed by atoms with Crippen LogP contribution in [-0.2, 0) is 4.79 Å². The summed E-state index contributed by atoms with van der Waals surface area (Å²) in [6, 6.07) is 3.93. The van der Waals surface area contributed by atoms with Gasteiger partial charge in [-0.2, -0.15) is 0 Å². The van der Waals surface area contributed by atoms with E-state index >= 15 is 0 Å². The Labute approximate surface area is 127 Å². The van der Waals surface area contributed by atoms with Gasteiger partial charge >= 0.3 is 0 Å². The van der Waals surface area contributed by atoms with Crippen LogP contribution in [0.1, 0.15) is 38.3 Å². The van der Waals surface area contributed by atoms with E-state index in [9.17, 15) is 4.79 Å². The van der Waals surface area contributed by atoms with Crippen LogP contribution in [0.25, 0.3) is 0 Å². The maximum Gasteiger partial charge on any atom is 0.246 e. The summed E-state index contributed by atoms with van der Waals surface area (Å²) in [4.78, 5) is 13.2. The molecule has 0 aliphatic carbocycles. The van der Waals surface area contributed by atoms with Crippen molar-refractivity contribution in [3.05, 3.63) is 22.2 Å². The Morgan fingerprint density at radius 3 is 2.84 bits per heavy atom. The van der Waals surface area contributed by atoms with E-state index in [0.29, 0.717) is 0 Å². The topological polar surface area (TPSA) is 41.1 Å². The molecule has 104 valence electrons. The van der Waals surface area contributed by atoms with Crippen molar-refractivity contribution in [3.8, 4) is 0 Å². The molecule has 0 spiro atoms. The monoisotopic (exact) mass is 342 g/mol. The lowest BCUT2D eigenvalue weighted by atomic mass is 10.1.